The molecule has 1 N–H and O–H groups in total. The molecule has 0 radical (unpaired) electrons. The minimum atomic E-state index is 0.0299. The van der Waals surface area contributed by atoms with Crippen LogP contribution in [0.15, 0.2) is 42.5 Å². The number of rotatable bonds is 8. The van der Waals surface area contributed by atoms with Crippen molar-refractivity contribution in [1.82, 2.24) is 5.32 Å². The topological polar surface area (TPSA) is 56.8 Å². The lowest BCUT2D eigenvalue weighted by atomic mass is 10.1. The maximum atomic E-state index is 11.9. The van der Waals surface area contributed by atoms with Gasteiger partial charge >= 0.3 is 0 Å². The average molecular weight is 376 g/mol. The Kier molecular flexibility index (Phi) is 6.61. The molecule has 6 heteroatoms. The van der Waals surface area contributed by atoms with E-state index in [2.05, 4.69) is 5.32 Å². The quantitative estimate of drug-likeness (QED) is 0.716. The third kappa shape index (κ3) is 5.56. The molecule has 26 heavy (non-hydrogen) atoms. The third-order valence-electron chi connectivity index (χ3n) is 3.98. The Hall–Kier alpha value is -2.40. The van der Waals surface area contributed by atoms with E-state index in [0.717, 1.165) is 35.7 Å². The summed E-state index contributed by atoms with van der Waals surface area (Å²) in [6.07, 6.45) is 2.09. The molecular weight excluding hydrogens is 354 g/mol. The zero-order valence-corrected chi connectivity index (χ0v) is 15.3. The van der Waals surface area contributed by atoms with Gasteiger partial charge in [-0.1, -0.05) is 17.7 Å². The van der Waals surface area contributed by atoms with Gasteiger partial charge in [-0.3, -0.25) is 4.79 Å². The molecule has 0 fully saturated rings. The smallest absolute Gasteiger partial charge is 0.220 e. The second kappa shape index (κ2) is 9.34. The van der Waals surface area contributed by atoms with E-state index in [9.17, 15) is 4.79 Å². The van der Waals surface area contributed by atoms with Gasteiger partial charge in [0.1, 0.15) is 25.6 Å². The van der Waals surface area contributed by atoms with Crippen LogP contribution in [0.5, 0.6) is 17.2 Å². The highest BCUT2D eigenvalue weighted by atomic mass is 35.5. The van der Waals surface area contributed by atoms with Crippen LogP contribution < -0.4 is 19.5 Å². The van der Waals surface area contributed by atoms with Crippen LogP contribution in [0, 0.1) is 0 Å². The maximum Gasteiger partial charge on any atom is 0.220 e. The summed E-state index contributed by atoms with van der Waals surface area (Å²) in [6.45, 7) is 2.08. The summed E-state index contributed by atoms with van der Waals surface area (Å²) in [4.78, 5) is 11.9. The molecule has 2 aromatic carbocycles. The number of nitrogens with one attached hydrogen (secondary N) is 1. The molecule has 0 bridgehead atoms. The largest absolute Gasteiger partial charge is 0.492 e. The predicted molar refractivity (Wildman–Crippen MR) is 100 cm³/mol. The summed E-state index contributed by atoms with van der Waals surface area (Å²) >= 11 is 5.82. The highest BCUT2D eigenvalue weighted by Gasteiger charge is 2.11. The van der Waals surface area contributed by atoms with Gasteiger partial charge in [0.2, 0.25) is 5.91 Å². The van der Waals surface area contributed by atoms with Crippen molar-refractivity contribution in [2.45, 2.75) is 19.3 Å². The number of amides is 1. The number of ether oxygens (including phenoxy) is 3. The van der Waals surface area contributed by atoms with E-state index >= 15 is 0 Å². The molecule has 0 aromatic heterocycles. The summed E-state index contributed by atoms with van der Waals surface area (Å²) in [5.41, 5.74) is 1.15. The van der Waals surface area contributed by atoms with Crippen molar-refractivity contribution in [3.63, 3.8) is 0 Å². The van der Waals surface area contributed by atoms with Gasteiger partial charge in [-0.05, 0) is 54.8 Å². The molecule has 0 aliphatic carbocycles. The second-order valence-corrected chi connectivity index (χ2v) is 6.42. The standard InChI is InChI=1S/C20H22ClNO4/c21-16-5-7-17(8-6-16)24-11-10-22-20(23)3-1-2-15-4-9-18-19(14-15)26-13-12-25-18/h4-9,14H,1-3,10-13H2,(H,22,23). The SMILES string of the molecule is O=C(CCCc1ccc2c(c1)OCCO2)NCCOc1ccc(Cl)cc1. The highest BCUT2D eigenvalue weighted by molar-refractivity contribution is 6.30. The average Bonchev–Trinajstić information content (AvgIpc) is 2.66. The molecule has 138 valence electrons. The number of aryl methyl sites for hydroxylation is 1. The number of hydrogen-bond acceptors (Lipinski definition) is 4. The number of carbonyl (C=O) groups excluding carboxylic acids is 1. The van der Waals surface area contributed by atoms with Crippen LogP contribution >= 0.6 is 11.6 Å². The fourth-order valence-corrected chi connectivity index (χ4v) is 2.80. The van der Waals surface area contributed by atoms with Gasteiger partial charge in [-0.25, -0.2) is 0 Å². The highest BCUT2D eigenvalue weighted by Crippen LogP contribution is 2.31. The molecule has 0 spiro atoms. The zero-order valence-electron chi connectivity index (χ0n) is 14.5. The molecule has 2 aromatic rings. The number of hydrogen-bond donors (Lipinski definition) is 1. The Balaban J connectivity index is 1.31. The van der Waals surface area contributed by atoms with Gasteiger partial charge in [-0.2, -0.15) is 0 Å². The van der Waals surface area contributed by atoms with Crippen LogP contribution in [0.3, 0.4) is 0 Å². The number of benzene rings is 2. The lowest BCUT2D eigenvalue weighted by molar-refractivity contribution is -0.121. The zero-order chi connectivity index (χ0) is 18.2. The van der Waals surface area contributed by atoms with Gasteiger partial charge in [0.05, 0.1) is 6.54 Å². The molecule has 1 heterocycles. The monoisotopic (exact) mass is 375 g/mol. The van der Waals surface area contributed by atoms with Gasteiger partial charge < -0.3 is 19.5 Å². The Bertz CT molecular complexity index is 733. The van der Waals surface area contributed by atoms with Crippen LogP contribution in [0.4, 0.5) is 0 Å². The molecule has 3 rings (SSSR count). The van der Waals surface area contributed by atoms with Gasteiger partial charge in [0.15, 0.2) is 11.5 Å². The minimum Gasteiger partial charge on any atom is -0.492 e. The van der Waals surface area contributed by atoms with Crippen molar-refractivity contribution in [3.8, 4) is 17.2 Å². The van der Waals surface area contributed by atoms with E-state index in [1.165, 1.54) is 0 Å². The summed E-state index contributed by atoms with van der Waals surface area (Å²) in [6, 6.07) is 13.1. The molecule has 0 saturated heterocycles. The lowest BCUT2D eigenvalue weighted by Crippen LogP contribution is -2.27. The van der Waals surface area contributed by atoms with Gasteiger partial charge in [-0.15, -0.1) is 0 Å². The number of carbonyl (C=O) groups is 1. The molecular formula is C20H22ClNO4. The van der Waals surface area contributed by atoms with Crippen LogP contribution in [-0.2, 0) is 11.2 Å². The molecule has 5 nitrogen and oxygen atoms in total. The Morgan fingerprint density at radius 1 is 1.08 bits per heavy atom. The third-order valence-corrected chi connectivity index (χ3v) is 4.23. The normalized spacial score (nSPS) is 12.5. The van der Waals surface area contributed by atoms with Crippen molar-refractivity contribution in [1.29, 1.82) is 0 Å². The first-order valence-electron chi connectivity index (χ1n) is 8.74. The first-order valence-corrected chi connectivity index (χ1v) is 9.12. The van der Waals surface area contributed by atoms with Crippen molar-refractivity contribution in [3.05, 3.63) is 53.1 Å². The minimum absolute atomic E-state index is 0.0299. The Labute approximate surface area is 158 Å². The van der Waals surface area contributed by atoms with E-state index in [4.69, 9.17) is 25.8 Å². The summed E-state index contributed by atoms with van der Waals surface area (Å²) in [7, 11) is 0. The van der Waals surface area contributed by atoms with E-state index in [1.54, 1.807) is 24.3 Å². The van der Waals surface area contributed by atoms with E-state index in [1.807, 2.05) is 18.2 Å². The van der Waals surface area contributed by atoms with Crippen LogP contribution in [0.25, 0.3) is 0 Å². The molecule has 1 aliphatic rings. The first kappa shape index (κ1) is 18.4. The number of fused-ring (bicyclic) bond motifs is 1. The maximum absolute atomic E-state index is 11.9. The van der Waals surface area contributed by atoms with Crippen molar-refractivity contribution in [2.24, 2.45) is 0 Å². The lowest BCUT2D eigenvalue weighted by Gasteiger charge is -2.18. The second-order valence-electron chi connectivity index (χ2n) is 5.98. The number of halogens is 1. The van der Waals surface area contributed by atoms with Crippen LogP contribution in [0.1, 0.15) is 18.4 Å². The summed E-state index contributed by atoms with van der Waals surface area (Å²) in [5, 5.41) is 3.54. The predicted octanol–water partition coefficient (Wildman–Crippen LogP) is 3.63. The molecule has 0 unspecified atom stereocenters. The first-order chi connectivity index (χ1) is 12.7. The van der Waals surface area contributed by atoms with E-state index < -0.39 is 0 Å². The molecule has 0 saturated carbocycles. The van der Waals surface area contributed by atoms with Crippen molar-refractivity contribution >= 4 is 17.5 Å². The van der Waals surface area contributed by atoms with E-state index in [0.29, 0.717) is 37.8 Å². The van der Waals surface area contributed by atoms with Crippen LogP contribution in [-0.4, -0.2) is 32.3 Å². The Morgan fingerprint density at radius 2 is 1.85 bits per heavy atom. The molecule has 0 atom stereocenters. The summed E-state index contributed by atoms with van der Waals surface area (Å²) < 4.78 is 16.6. The Morgan fingerprint density at radius 3 is 2.65 bits per heavy atom. The van der Waals surface area contributed by atoms with E-state index in [-0.39, 0.29) is 5.91 Å². The van der Waals surface area contributed by atoms with Crippen LogP contribution in [0.2, 0.25) is 5.02 Å². The van der Waals surface area contributed by atoms with Crippen molar-refractivity contribution < 1.29 is 19.0 Å². The van der Waals surface area contributed by atoms with Gasteiger partial charge in [0, 0.05) is 11.4 Å². The fraction of sp³-hybridized carbons (Fsp3) is 0.350. The summed E-state index contributed by atoms with van der Waals surface area (Å²) in [5.74, 6) is 2.35. The van der Waals surface area contributed by atoms with Gasteiger partial charge in [0.25, 0.3) is 0 Å². The molecule has 1 aliphatic heterocycles. The molecule has 1 amide bonds. The fourth-order valence-electron chi connectivity index (χ4n) is 2.67. The van der Waals surface area contributed by atoms with Crippen molar-refractivity contribution in [2.75, 3.05) is 26.4 Å².